The fraction of sp³-hybridized carbons (Fsp3) is 0.350. The molecule has 28 heavy (non-hydrogen) atoms. The summed E-state index contributed by atoms with van der Waals surface area (Å²) in [6.07, 6.45) is 1.71. The van der Waals surface area contributed by atoms with E-state index in [0.717, 1.165) is 23.5 Å². The number of hydrogen-bond donors (Lipinski definition) is 1. The summed E-state index contributed by atoms with van der Waals surface area (Å²) < 4.78 is 32.5. The van der Waals surface area contributed by atoms with Gasteiger partial charge in [-0.2, -0.15) is 4.31 Å². The topological polar surface area (TPSA) is 75.7 Å². The van der Waals surface area contributed by atoms with Gasteiger partial charge in [0, 0.05) is 18.0 Å². The number of ether oxygens (including phenoxy) is 1. The number of hydrogen-bond acceptors (Lipinski definition) is 5. The summed E-state index contributed by atoms with van der Waals surface area (Å²) in [5.41, 5.74) is 0.883. The van der Waals surface area contributed by atoms with E-state index in [-0.39, 0.29) is 10.5 Å². The number of benzene rings is 2. The van der Waals surface area contributed by atoms with Crippen molar-refractivity contribution in [3.05, 3.63) is 48.0 Å². The highest BCUT2D eigenvalue weighted by Crippen LogP contribution is 2.30. The SMILES string of the molecule is CCSc1ccccc1NC(=O)c1cc(S(=O)(=O)N2CCCC2)ccc1OC. The Labute approximate surface area is 170 Å². The van der Waals surface area contributed by atoms with Crippen molar-refractivity contribution in [3.8, 4) is 5.75 Å². The molecule has 0 unspecified atom stereocenters. The number of amides is 1. The summed E-state index contributed by atoms with van der Waals surface area (Å²) in [5, 5.41) is 2.89. The Morgan fingerprint density at radius 3 is 2.57 bits per heavy atom. The van der Waals surface area contributed by atoms with Gasteiger partial charge in [0.2, 0.25) is 10.0 Å². The first-order chi connectivity index (χ1) is 13.5. The Bertz CT molecular complexity index is 954. The monoisotopic (exact) mass is 420 g/mol. The number of methoxy groups -OCH3 is 1. The van der Waals surface area contributed by atoms with E-state index in [1.54, 1.807) is 11.8 Å². The summed E-state index contributed by atoms with van der Waals surface area (Å²) in [6.45, 7) is 3.06. The van der Waals surface area contributed by atoms with Gasteiger partial charge in [-0.1, -0.05) is 19.1 Å². The number of sulfonamides is 1. The van der Waals surface area contributed by atoms with E-state index < -0.39 is 15.9 Å². The molecule has 0 aliphatic carbocycles. The molecule has 2 aromatic carbocycles. The average molecular weight is 421 g/mol. The van der Waals surface area contributed by atoms with Gasteiger partial charge in [0.25, 0.3) is 5.91 Å². The summed E-state index contributed by atoms with van der Waals surface area (Å²) in [6, 6.07) is 12.0. The fourth-order valence-corrected chi connectivity index (χ4v) is 5.45. The molecule has 3 rings (SSSR count). The van der Waals surface area contributed by atoms with E-state index in [9.17, 15) is 13.2 Å². The molecular formula is C20H24N2O4S2. The lowest BCUT2D eigenvalue weighted by atomic mass is 10.2. The van der Waals surface area contributed by atoms with Gasteiger partial charge in [-0.3, -0.25) is 4.79 Å². The Balaban J connectivity index is 1.93. The van der Waals surface area contributed by atoms with Crippen LogP contribution in [0.2, 0.25) is 0 Å². The van der Waals surface area contributed by atoms with Crippen LogP contribution in [0.1, 0.15) is 30.1 Å². The Morgan fingerprint density at radius 2 is 1.89 bits per heavy atom. The molecule has 0 radical (unpaired) electrons. The number of nitrogens with zero attached hydrogens (tertiary/aromatic N) is 1. The van der Waals surface area contributed by atoms with Crippen molar-refractivity contribution in [2.45, 2.75) is 29.6 Å². The third-order valence-corrected chi connectivity index (χ3v) is 7.40. The maximum atomic E-state index is 12.9. The van der Waals surface area contributed by atoms with E-state index in [1.807, 2.05) is 31.2 Å². The molecule has 1 aliphatic heterocycles. The molecule has 0 bridgehead atoms. The van der Waals surface area contributed by atoms with Crippen LogP contribution in [-0.4, -0.2) is 44.6 Å². The molecule has 1 amide bonds. The molecule has 150 valence electrons. The molecule has 8 heteroatoms. The number of anilines is 1. The average Bonchev–Trinajstić information content (AvgIpc) is 3.25. The predicted octanol–water partition coefficient (Wildman–Crippen LogP) is 3.84. The first kappa shape index (κ1) is 20.7. The van der Waals surface area contributed by atoms with E-state index in [4.69, 9.17) is 4.74 Å². The highest BCUT2D eigenvalue weighted by atomic mass is 32.2. The van der Waals surface area contributed by atoms with Gasteiger partial charge in [-0.05, 0) is 48.9 Å². The number of para-hydroxylation sites is 1. The van der Waals surface area contributed by atoms with Crippen LogP contribution < -0.4 is 10.1 Å². The molecule has 6 nitrogen and oxygen atoms in total. The second-order valence-electron chi connectivity index (χ2n) is 6.36. The lowest BCUT2D eigenvalue weighted by Gasteiger charge is -2.17. The van der Waals surface area contributed by atoms with Crippen LogP contribution in [-0.2, 0) is 10.0 Å². The highest BCUT2D eigenvalue weighted by molar-refractivity contribution is 7.99. The Hall–Kier alpha value is -2.03. The zero-order chi connectivity index (χ0) is 20.1. The molecule has 2 aromatic rings. The van der Waals surface area contributed by atoms with Crippen LogP contribution in [0, 0.1) is 0 Å². The van der Waals surface area contributed by atoms with Crippen molar-refractivity contribution in [3.63, 3.8) is 0 Å². The molecule has 1 aliphatic rings. The minimum Gasteiger partial charge on any atom is -0.496 e. The van der Waals surface area contributed by atoms with Crippen LogP contribution in [0.15, 0.2) is 52.3 Å². The van der Waals surface area contributed by atoms with E-state index in [1.165, 1.54) is 29.6 Å². The van der Waals surface area contributed by atoms with Crippen molar-refractivity contribution >= 4 is 33.4 Å². The van der Waals surface area contributed by atoms with Gasteiger partial charge < -0.3 is 10.1 Å². The van der Waals surface area contributed by atoms with Gasteiger partial charge in [-0.15, -0.1) is 11.8 Å². The maximum absolute atomic E-state index is 12.9. The van der Waals surface area contributed by atoms with Gasteiger partial charge in [-0.25, -0.2) is 8.42 Å². The predicted molar refractivity (Wildman–Crippen MR) is 112 cm³/mol. The number of carbonyl (C=O) groups excluding carboxylic acids is 1. The minimum atomic E-state index is -3.62. The Kier molecular flexibility index (Phi) is 6.64. The highest BCUT2D eigenvalue weighted by Gasteiger charge is 2.28. The molecule has 1 N–H and O–H groups in total. The van der Waals surface area contributed by atoms with Crippen molar-refractivity contribution in [1.82, 2.24) is 4.31 Å². The standard InChI is InChI=1S/C20H24N2O4S2/c1-3-27-19-9-5-4-8-17(19)21-20(23)16-14-15(10-11-18(16)26-2)28(24,25)22-12-6-7-13-22/h4-5,8-11,14H,3,6-7,12-13H2,1-2H3,(H,21,23). The van der Waals surface area contributed by atoms with Crippen LogP contribution in [0.4, 0.5) is 5.69 Å². The van der Waals surface area contributed by atoms with Gasteiger partial charge in [0.15, 0.2) is 0 Å². The smallest absolute Gasteiger partial charge is 0.259 e. The molecule has 1 heterocycles. The van der Waals surface area contributed by atoms with E-state index >= 15 is 0 Å². The number of rotatable bonds is 7. The molecule has 0 atom stereocenters. The van der Waals surface area contributed by atoms with Crippen molar-refractivity contribution in [1.29, 1.82) is 0 Å². The first-order valence-corrected chi connectivity index (χ1v) is 11.6. The summed E-state index contributed by atoms with van der Waals surface area (Å²) in [7, 11) is -2.16. The number of nitrogens with one attached hydrogen (secondary N) is 1. The van der Waals surface area contributed by atoms with Crippen LogP contribution >= 0.6 is 11.8 Å². The summed E-state index contributed by atoms with van der Waals surface area (Å²) >= 11 is 1.62. The molecule has 0 aromatic heterocycles. The molecule has 1 fully saturated rings. The normalized spacial score (nSPS) is 14.8. The van der Waals surface area contributed by atoms with Gasteiger partial charge in [0.1, 0.15) is 5.75 Å². The van der Waals surface area contributed by atoms with Crippen molar-refractivity contribution in [2.75, 3.05) is 31.3 Å². The van der Waals surface area contributed by atoms with E-state index in [0.29, 0.717) is 24.5 Å². The zero-order valence-electron chi connectivity index (χ0n) is 16.0. The zero-order valence-corrected chi connectivity index (χ0v) is 17.6. The van der Waals surface area contributed by atoms with E-state index in [2.05, 4.69) is 5.32 Å². The Morgan fingerprint density at radius 1 is 1.18 bits per heavy atom. The van der Waals surface area contributed by atoms with Crippen LogP contribution in [0.3, 0.4) is 0 Å². The third kappa shape index (κ3) is 4.34. The largest absolute Gasteiger partial charge is 0.496 e. The van der Waals surface area contributed by atoms with Crippen molar-refractivity contribution < 1.29 is 17.9 Å². The van der Waals surface area contributed by atoms with Gasteiger partial charge in [0.05, 0.1) is 23.3 Å². The lowest BCUT2D eigenvalue weighted by molar-refractivity contribution is 0.102. The fourth-order valence-electron chi connectivity index (χ4n) is 3.14. The summed E-state index contributed by atoms with van der Waals surface area (Å²) in [4.78, 5) is 14.0. The quantitative estimate of drug-likeness (QED) is 0.689. The van der Waals surface area contributed by atoms with Gasteiger partial charge >= 0.3 is 0 Å². The second-order valence-corrected chi connectivity index (χ2v) is 9.60. The lowest BCUT2D eigenvalue weighted by Crippen LogP contribution is -2.28. The van der Waals surface area contributed by atoms with Crippen molar-refractivity contribution in [2.24, 2.45) is 0 Å². The number of thioether (sulfide) groups is 1. The molecular weight excluding hydrogens is 396 g/mol. The maximum Gasteiger partial charge on any atom is 0.259 e. The molecule has 1 saturated heterocycles. The molecule has 0 spiro atoms. The summed E-state index contributed by atoms with van der Waals surface area (Å²) in [5.74, 6) is 0.803. The first-order valence-electron chi connectivity index (χ1n) is 9.18. The third-order valence-electron chi connectivity index (χ3n) is 4.55. The molecule has 0 saturated carbocycles. The number of carbonyl (C=O) groups is 1. The second kappa shape index (κ2) is 8.98. The van der Waals surface area contributed by atoms with Crippen LogP contribution in [0.25, 0.3) is 0 Å². The minimum absolute atomic E-state index is 0.108. The van der Waals surface area contributed by atoms with Crippen LogP contribution in [0.5, 0.6) is 5.75 Å².